The molecule has 0 aliphatic carbocycles. The fraction of sp³-hybridized carbons (Fsp3) is 0.211. The van der Waals surface area contributed by atoms with E-state index in [9.17, 15) is 13.2 Å². The van der Waals surface area contributed by atoms with Crippen molar-refractivity contribution < 1.29 is 13.2 Å². The summed E-state index contributed by atoms with van der Waals surface area (Å²) in [6.45, 7) is 4.26. The molecule has 3 heterocycles. The highest BCUT2D eigenvalue weighted by Gasteiger charge is 2.22. The highest BCUT2D eigenvalue weighted by molar-refractivity contribution is 5.86. The van der Waals surface area contributed by atoms with E-state index in [1.807, 2.05) is 6.92 Å². The van der Waals surface area contributed by atoms with E-state index in [0.29, 0.717) is 40.2 Å². The maximum atomic E-state index is 13.8. The molecule has 0 bridgehead atoms. The minimum Gasteiger partial charge on any atom is -0.272 e. The Kier molecular flexibility index (Phi) is 4.18. The second-order valence-electron chi connectivity index (χ2n) is 6.15. The van der Waals surface area contributed by atoms with Crippen LogP contribution in [-0.2, 0) is 6.54 Å². The van der Waals surface area contributed by atoms with Gasteiger partial charge in [0.15, 0.2) is 5.65 Å². The number of nitrogens with zero attached hydrogens (tertiary/aromatic N) is 5. The third-order valence-electron chi connectivity index (χ3n) is 4.40. The second-order valence-corrected chi connectivity index (χ2v) is 6.15. The molecule has 0 saturated heterocycles. The van der Waals surface area contributed by atoms with E-state index >= 15 is 0 Å². The van der Waals surface area contributed by atoms with Crippen molar-refractivity contribution in [3.05, 3.63) is 59.8 Å². The highest BCUT2D eigenvalue weighted by Crippen LogP contribution is 2.33. The van der Waals surface area contributed by atoms with Crippen LogP contribution in [0.5, 0.6) is 0 Å². The second kappa shape index (κ2) is 6.53. The lowest BCUT2D eigenvalue weighted by molar-refractivity contribution is 0.153. The van der Waals surface area contributed by atoms with Crippen LogP contribution in [0.1, 0.15) is 24.6 Å². The maximum absolute atomic E-state index is 13.8. The molecule has 1 aromatic carbocycles. The van der Waals surface area contributed by atoms with Crippen LogP contribution in [0.15, 0.2) is 42.7 Å². The molecular weight excluding hydrogens is 355 g/mol. The average Bonchev–Trinajstić information content (AvgIpc) is 3.26. The third kappa shape index (κ3) is 2.97. The topological polar surface area (TPSA) is 48.5 Å². The third-order valence-corrected chi connectivity index (χ3v) is 4.40. The highest BCUT2D eigenvalue weighted by atomic mass is 19.3. The van der Waals surface area contributed by atoms with E-state index in [0.717, 1.165) is 0 Å². The molecule has 3 aromatic heterocycles. The monoisotopic (exact) mass is 371 g/mol. The number of fused-ring (bicyclic) bond motifs is 1. The Morgan fingerprint density at radius 1 is 1.15 bits per heavy atom. The van der Waals surface area contributed by atoms with Gasteiger partial charge in [0.05, 0.1) is 28.7 Å². The zero-order valence-electron chi connectivity index (χ0n) is 14.7. The van der Waals surface area contributed by atoms with Gasteiger partial charge in [-0.15, -0.1) is 0 Å². The van der Waals surface area contributed by atoms with E-state index in [4.69, 9.17) is 0 Å². The minimum absolute atomic E-state index is 0.134. The van der Waals surface area contributed by atoms with Gasteiger partial charge in [0, 0.05) is 23.9 Å². The molecule has 4 rings (SSSR count). The Morgan fingerprint density at radius 2 is 1.89 bits per heavy atom. The zero-order chi connectivity index (χ0) is 19.1. The molecule has 27 heavy (non-hydrogen) atoms. The zero-order valence-corrected chi connectivity index (χ0v) is 14.7. The van der Waals surface area contributed by atoms with E-state index in [1.54, 1.807) is 24.0 Å². The van der Waals surface area contributed by atoms with Crippen molar-refractivity contribution in [1.82, 2.24) is 24.5 Å². The summed E-state index contributed by atoms with van der Waals surface area (Å²) >= 11 is 0. The number of benzene rings is 1. The number of aromatic nitrogens is 5. The van der Waals surface area contributed by atoms with Crippen molar-refractivity contribution in [2.75, 3.05) is 0 Å². The molecule has 0 fully saturated rings. The molecule has 4 aromatic rings. The first-order valence-electron chi connectivity index (χ1n) is 8.45. The summed E-state index contributed by atoms with van der Waals surface area (Å²) in [5, 5.41) is 8.86. The van der Waals surface area contributed by atoms with Gasteiger partial charge in [-0.25, -0.2) is 22.8 Å². The number of hydrogen-bond donors (Lipinski definition) is 0. The Hall–Kier alpha value is -3.16. The number of rotatable bonds is 4. The quantitative estimate of drug-likeness (QED) is 0.523. The normalized spacial score (nSPS) is 11.6. The summed E-state index contributed by atoms with van der Waals surface area (Å²) in [5.74, 6) is -0.388. The molecule has 0 amide bonds. The molecule has 0 atom stereocenters. The van der Waals surface area contributed by atoms with Gasteiger partial charge in [0.2, 0.25) is 0 Å². The molecule has 0 aliphatic rings. The number of halogens is 3. The Labute approximate surface area is 153 Å². The Morgan fingerprint density at radius 3 is 2.52 bits per heavy atom. The van der Waals surface area contributed by atoms with Gasteiger partial charge >= 0.3 is 0 Å². The van der Waals surface area contributed by atoms with E-state index in [1.165, 1.54) is 35.0 Å². The van der Waals surface area contributed by atoms with Crippen LogP contribution in [0.25, 0.3) is 28.0 Å². The van der Waals surface area contributed by atoms with Crippen molar-refractivity contribution in [2.24, 2.45) is 0 Å². The van der Waals surface area contributed by atoms with Gasteiger partial charge in [-0.05, 0) is 44.2 Å². The first kappa shape index (κ1) is 17.3. The van der Waals surface area contributed by atoms with Crippen LogP contribution < -0.4 is 0 Å². The van der Waals surface area contributed by atoms with Crippen molar-refractivity contribution in [2.45, 2.75) is 26.8 Å². The summed E-state index contributed by atoms with van der Waals surface area (Å²) in [7, 11) is 0. The Bertz CT molecular complexity index is 1110. The number of alkyl halides is 2. The van der Waals surface area contributed by atoms with Crippen LogP contribution >= 0.6 is 0 Å². The van der Waals surface area contributed by atoms with Crippen LogP contribution in [0.3, 0.4) is 0 Å². The maximum Gasteiger partial charge on any atom is 0.264 e. The van der Waals surface area contributed by atoms with E-state index < -0.39 is 6.43 Å². The lowest BCUT2D eigenvalue weighted by atomic mass is 10.1. The van der Waals surface area contributed by atoms with Crippen molar-refractivity contribution in [3.63, 3.8) is 0 Å². The minimum atomic E-state index is -2.68. The standard InChI is InChI=1S/C19H16F3N5/c1-3-26-10-12(9-23-26)16-8-15(18(21)22)17-11(2)25-27(19(17)24-16)14-6-4-13(20)5-7-14/h4-10,18H,3H2,1-2H3. The summed E-state index contributed by atoms with van der Waals surface area (Å²) < 4.78 is 44.0. The van der Waals surface area contributed by atoms with Crippen molar-refractivity contribution in [3.8, 4) is 16.9 Å². The molecule has 0 aliphatic heterocycles. The molecule has 0 unspecified atom stereocenters. The van der Waals surface area contributed by atoms with Crippen LogP contribution in [0.4, 0.5) is 13.2 Å². The smallest absolute Gasteiger partial charge is 0.264 e. The molecule has 8 heteroatoms. The summed E-state index contributed by atoms with van der Waals surface area (Å²) in [6, 6.07) is 7.04. The van der Waals surface area contributed by atoms with Crippen molar-refractivity contribution >= 4 is 11.0 Å². The number of aryl methyl sites for hydroxylation is 2. The predicted molar refractivity (Wildman–Crippen MR) is 95.4 cm³/mol. The van der Waals surface area contributed by atoms with Gasteiger partial charge in [-0.1, -0.05) is 0 Å². The molecule has 0 radical (unpaired) electrons. The SMILES string of the molecule is CCn1cc(-c2cc(C(F)F)c3c(C)nn(-c4ccc(F)cc4)c3n2)cn1. The van der Waals surface area contributed by atoms with Gasteiger partial charge in [0.25, 0.3) is 6.43 Å². The molecule has 138 valence electrons. The van der Waals surface area contributed by atoms with Gasteiger partial charge in [0.1, 0.15) is 5.82 Å². The van der Waals surface area contributed by atoms with Crippen LogP contribution in [-0.4, -0.2) is 24.5 Å². The lowest BCUT2D eigenvalue weighted by Gasteiger charge is -2.08. The van der Waals surface area contributed by atoms with Gasteiger partial charge < -0.3 is 0 Å². The van der Waals surface area contributed by atoms with Crippen molar-refractivity contribution in [1.29, 1.82) is 0 Å². The molecule has 0 spiro atoms. The first-order valence-corrected chi connectivity index (χ1v) is 8.45. The predicted octanol–water partition coefficient (Wildman–Crippen LogP) is 4.69. The average molecular weight is 371 g/mol. The fourth-order valence-corrected chi connectivity index (χ4v) is 3.07. The summed E-state index contributed by atoms with van der Waals surface area (Å²) in [6.07, 6.45) is 0.674. The first-order chi connectivity index (χ1) is 13.0. The fourth-order valence-electron chi connectivity index (χ4n) is 3.07. The van der Waals surface area contributed by atoms with E-state index in [2.05, 4.69) is 15.2 Å². The largest absolute Gasteiger partial charge is 0.272 e. The number of hydrogen-bond acceptors (Lipinski definition) is 3. The van der Waals surface area contributed by atoms with E-state index in [-0.39, 0.29) is 11.4 Å². The molecular formula is C19H16F3N5. The Balaban J connectivity index is 1.99. The van der Waals surface area contributed by atoms with Gasteiger partial charge in [-0.2, -0.15) is 10.2 Å². The summed E-state index contributed by atoms with van der Waals surface area (Å²) in [4.78, 5) is 4.58. The van der Waals surface area contributed by atoms with Gasteiger partial charge in [-0.3, -0.25) is 4.68 Å². The summed E-state index contributed by atoms with van der Waals surface area (Å²) in [5.41, 5.74) is 2.18. The molecule has 0 N–H and O–H groups in total. The number of pyridine rings is 1. The molecule has 0 saturated carbocycles. The van der Waals surface area contributed by atoms with Crippen LogP contribution in [0, 0.1) is 12.7 Å². The van der Waals surface area contributed by atoms with Crippen LogP contribution in [0.2, 0.25) is 0 Å². The molecule has 5 nitrogen and oxygen atoms in total. The lowest BCUT2D eigenvalue weighted by Crippen LogP contribution is -2.00.